The Morgan fingerprint density at radius 2 is 1.15 bits per heavy atom. The molecule has 0 amide bonds. The predicted octanol–water partition coefficient (Wildman–Crippen LogP) is 7.61. The second-order valence-electron chi connectivity index (χ2n) is 8.67. The fourth-order valence-electron chi connectivity index (χ4n) is 4.01. The summed E-state index contributed by atoms with van der Waals surface area (Å²) in [4.78, 5) is 1.99. The highest BCUT2D eigenvalue weighted by Crippen LogP contribution is 2.46. The predicted molar refractivity (Wildman–Crippen MR) is 136 cm³/mol. The Kier molecular flexibility index (Phi) is 6.12. The third-order valence-corrected chi connectivity index (χ3v) is 6.25. The van der Waals surface area contributed by atoms with Gasteiger partial charge >= 0.3 is 0 Å². The number of rotatable bonds is 5. The van der Waals surface area contributed by atoms with Crippen LogP contribution in [0.3, 0.4) is 0 Å². The van der Waals surface area contributed by atoms with Crippen molar-refractivity contribution in [2.45, 2.75) is 34.6 Å². The molecule has 0 spiro atoms. The van der Waals surface area contributed by atoms with Gasteiger partial charge in [0.1, 0.15) is 23.0 Å². The monoisotopic (exact) mass is 455 g/mol. The number of hydrogen-bond donors (Lipinski definition) is 3. The van der Waals surface area contributed by atoms with Crippen LogP contribution in [0.5, 0.6) is 28.7 Å². The number of aromatic hydroxyl groups is 3. The molecule has 0 aliphatic carbocycles. The summed E-state index contributed by atoms with van der Waals surface area (Å²) in [5.74, 6) is 1.53. The van der Waals surface area contributed by atoms with Gasteiger partial charge in [0.05, 0.1) is 17.1 Å². The minimum atomic E-state index is 0.152. The number of nitrogens with zero attached hydrogens (tertiary/aromatic N) is 1. The van der Waals surface area contributed by atoms with Gasteiger partial charge < -0.3 is 25.0 Å². The van der Waals surface area contributed by atoms with E-state index in [0.717, 1.165) is 44.9 Å². The summed E-state index contributed by atoms with van der Waals surface area (Å²) < 4.78 is 6.24. The molecule has 174 valence electrons. The lowest BCUT2D eigenvalue weighted by Gasteiger charge is -2.31. The van der Waals surface area contributed by atoms with Gasteiger partial charge in [0.25, 0.3) is 0 Å². The number of phenolic OH excluding ortho intramolecular Hbond substituents is 3. The van der Waals surface area contributed by atoms with Gasteiger partial charge in [-0.2, -0.15) is 0 Å². The second-order valence-corrected chi connectivity index (χ2v) is 8.67. The molecule has 0 bridgehead atoms. The van der Waals surface area contributed by atoms with Crippen molar-refractivity contribution in [1.82, 2.24) is 0 Å². The van der Waals surface area contributed by atoms with E-state index in [4.69, 9.17) is 4.74 Å². The maximum absolute atomic E-state index is 10.5. The van der Waals surface area contributed by atoms with Crippen LogP contribution in [0.4, 0.5) is 17.1 Å². The Morgan fingerprint density at radius 1 is 0.588 bits per heavy atom. The number of hydrogen-bond acceptors (Lipinski definition) is 5. The SMILES string of the molecule is Cc1ccc(Oc2ccccc2N(c2cc(O)cc(C)c2C)c2cc(O)cc(C)c2C)cc1O. The molecular weight excluding hydrogens is 426 g/mol. The largest absolute Gasteiger partial charge is 0.508 e. The first kappa shape index (κ1) is 23.1. The second kappa shape index (κ2) is 9.02. The zero-order chi connectivity index (χ0) is 24.6. The first-order chi connectivity index (χ1) is 16.2. The van der Waals surface area contributed by atoms with E-state index in [1.54, 1.807) is 36.4 Å². The average Bonchev–Trinajstić information content (AvgIpc) is 2.78. The summed E-state index contributed by atoms with van der Waals surface area (Å²) in [5, 5.41) is 31.1. The zero-order valence-corrected chi connectivity index (χ0v) is 20.0. The third kappa shape index (κ3) is 4.37. The molecule has 0 aliphatic heterocycles. The van der Waals surface area contributed by atoms with Crippen LogP contribution in [0.25, 0.3) is 0 Å². The van der Waals surface area contributed by atoms with E-state index in [1.807, 2.05) is 69.9 Å². The summed E-state index contributed by atoms with van der Waals surface area (Å²) in [5.41, 5.74) is 6.89. The molecule has 0 saturated carbocycles. The Bertz CT molecular complexity index is 1320. The topological polar surface area (TPSA) is 73.2 Å². The van der Waals surface area contributed by atoms with Crippen LogP contribution in [0.2, 0.25) is 0 Å². The summed E-state index contributed by atoms with van der Waals surface area (Å²) in [6.07, 6.45) is 0. The van der Waals surface area contributed by atoms with E-state index < -0.39 is 0 Å². The van der Waals surface area contributed by atoms with Gasteiger partial charge in [-0.25, -0.2) is 0 Å². The van der Waals surface area contributed by atoms with E-state index in [-0.39, 0.29) is 17.2 Å². The van der Waals surface area contributed by atoms with Crippen LogP contribution in [-0.2, 0) is 0 Å². The molecular formula is C29H29NO4. The summed E-state index contributed by atoms with van der Waals surface area (Å²) in [6, 6.07) is 19.7. The molecule has 4 rings (SSSR count). The smallest absolute Gasteiger partial charge is 0.151 e. The van der Waals surface area contributed by atoms with Gasteiger partial charge in [0.2, 0.25) is 0 Å². The van der Waals surface area contributed by atoms with Crippen molar-refractivity contribution in [2.24, 2.45) is 0 Å². The number of para-hydroxylation sites is 2. The maximum Gasteiger partial charge on any atom is 0.151 e. The van der Waals surface area contributed by atoms with Crippen molar-refractivity contribution in [3.8, 4) is 28.7 Å². The molecule has 0 aliphatic rings. The number of aryl methyl sites for hydroxylation is 3. The Hall–Kier alpha value is -4.12. The van der Waals surface area contributed by atoms with Gasteiger partial charge in [-0.3, -0.25) is 0 Å². The van der Waals surface area contributed by atoms with E-state index in [1.165, 1.54) is 0 Å². The number of phenols is 3. The normalized spacial score (nSPS) is 10.9. The lowest BCUT2D eigenvalue weighted by atomic mass is 10.0. The molecule has 5 nitrogen and oxygen atoms in total. The molecule has 0 atom stereocenters. The molecule has 3 N–H and O–H groups in total. The van der Waals surface area contributed by atoms with Crippen molar-refractivity contribution in [3.63, 3.8) is 0 Å². The molecule has 0 saturated heterocycles. The lowest BCUT2D eigenvalue weighted by molar-refractivity contribution is 0.452. The van der Waals surface area contributed by atoms with Crippen molar-refractivity contribution >= 4 is 17.1 Å². The summed E-state index contributed by atoms with van der Waals surface area (Å²) in [6.45, 7) is 9.74. The van der Waals surface area contributed by atoms with Crippen molar-refractivity contribution in [3.05, 3.63) is 94.5 Å². The minimum absolute atomic E-state index is 0.152. The van der Waals surface area contributed by atoms with Gasteiger partial charge in [0.15, 0.2) is 5.75 Å². The molecule has 0 aromatic heterocycles. The molecule has 4 aromatic rings. The van der Waals surface area contributed by atoms with E-state index in [9.17, 15) is 15.3 Å². The Labute approximate surface area is 200 Å². The molecule has 0 heterocycles. The molecule has 0 unspecified atom stereocenters. The molecule has 4 aromatic carbocycles. The highest BCUT2D eigenvalue weighted by atomic mass is 16.5. The first-order valence-corrected chi connectivity index (χ1v) is 11.1. The van der Waals surface area contributed by atoms with Crippen molar-refractivity contribution in [1.29, 1.82) is 0 Å². The molecule has 0 fully saturated rings. The van der Waals surface area contributed by atoms with E-state index in [0.29, 0.717) is 11.5 Å². The highest BCUT2D eigenvalue weighted by molar-refractivity contribution is 5.85. The fourth-order valence-corrected chi connectivity index (χ4v) is 4.01. The summed E-state index contributed by atoms with van der Waals surface area (Å²) in [7, 11) is 0. The van der Waals surface area contributed by atoms with Gasteiger partial charge in [-0.05, 0) is 92.8 Å². The number of anilines is 3. The van der Waals surface area contributed by atoms with Crippen LogP contribution in [0, 0.1) is 34.6 Å². The number of benzene rings is 4. The van der Waals surface area contributed by atoms with E-state index >= 15 is 0 Å². The van der Waals surface area contributed by atoms with Crippen LogP contribution in [0.1, 0.15) is 27.8 Å². The summed E-state index contributed by atoms with van der Waals surface area (Å²) >= 11 is 0. The average molecular weight is 456 g/mol. The zero-order valence-electron chi connectivity index (χ0n) is 20.0. The quantitative estimate of drug-likeness (QED) is 0.289. The third-order valence-electron chi connectivity index (χ3n) is 6.25. The lowest BCUT2D eigenvalue weighted by Crippen LogP contribution is -2.14. The standard InChI is InChI=1S/C29H29NO4/c1-17-10-11-24(16-28(17)33)34-29-9-7-6-8-25(29)30(26-14-22(31)12-18(2)20(26)4)27-15-23(32)13-19(3)21(27)5/h6-16,31-33H,1-5H3. The van der Waals surface area contributed by atoms with Crippen molar-refractivity contribution < 1.29 is 20.1 Å². The molecule has 5 heteroatoms. The highest BCUT2D eigenvalue weighted by Gasteiger charge is 2.23. The van der Waals surface area contributed by atoms with Crippen molar-refractivity contribution in [2.75, 3.05) is 4.90 Å². The minimum Gasteiger partial charge on any atom is -0.508 e. The van der Waals surface area contributed by atoms with Crippen LogP contribution in [-0.4, -0.2) is 15.3 Å². The fraction of sp³-hybridized carbons (Fsp3) is 0.172. The van der Waals surface area contributed by atoms with Gasteiger partial charge in [0, 0.05) is 18.2 Å². The van der Waals surface area contributed by atoms with Crippen LogP contribution >= 0.6 is 0 Å². The van der Waals surface area contributed by atoms with E-state index in [2.05, 4.69) is 0 Å². The van der Waals surface area contributed by atoms with Gasteiger partial charge in [-0.15, -0.1) is 0 Å². The van der Waals surface area contributed by atoms with Gasteiger partial charge in [-0.1, -0.05) is 18.2 Å². The molecule has 34 heavy (non-hydrogen) atoms. The molecule has 0 radical (unpaired) electrons. The maximum atomic E-state index is 10.5. The number of ether oxygens (including phenoxy) is 1. The first-order valence-electron chi connectivity index (χ1n) is 11.1. The van der Waals surface area contributed by atoms with Crippen LogP contribution < -0.4 is 9.64 Å². The Balaban J connectivity index is 1.97. The Morgan fingerprint density at radius 3 is 1.71 bits per heavy atom. The van der Waals surface area contributed by atoms with Crippen LogP contribution in [0.15, 0.2) is 66.7 Å².